The fraction of sp³-hybridized carbons (Fsp3) is 0.273. The number of aromatic nitrogens is 4. The highest BCUT2D eigenvalue weighted by Crippen LogP contribution is 2.04. The van der Waals surface area contributed by atoms with Gasteiger partial charge in [0.15, 0.2) is 11.6 Å². The van der Waals surface area contributed by atoms with Crippen LogP contribution < -0.4 is 15.5 Å². The molecule has 106 valence electrons. The van der Waals surface area contributed by atoms with E-state index in [1.54, 1.807) is 0 Å². The number of carbonyl (C=O) groups is 1. The Morgan fingerprint density at radius 1 is 1.45 bits per heavy atom. The quantitative estimate of drug-likeness (QED) is 0.702. The van der Waals surface area contributed by atoms with Gasteiger partial charge in [-0.05, 0) is 0 Å². The number of pyridine rings is 1. The number of nitrogens with zero attached hydrogens (tertiary/aromatic N) is 2. The molecule has 0 radical (unpaired) electrons. The van der Waals surface area contributed by atoms with Gasteiger partial charge in [0.25, 0.3) is 5.91 Å². The van der Waals surface area contributed by atoms with E-state index in [0.29, 0.717) is 5.82 Å². The van der Waals surface area contributed by atoms with Crippen molar-refractivity contribution in [3.63, 3.8) is 0 Å². The molecule has 2 aromatic rings. The third-order valence-corrected chi connectivity index (χ3v) is 2.38. The van der Waals surface area contributed by atoms with Crippen LogP contribution in [0.3, 0.4) is 0 Å². The van der Waals surface area contributed by atoms with Crippen LogP contribution in [0.4, 0.5) is 5.95 Å². The summed E-state index contributed by atoms with van der Waals surface area (Å²) in [4.78, 5) is 30.1. The molecule has 0 fully saturated rings. The average molecular weight is 279 g/mol. The van der Waals surface area contributed by atoms with Gasteiger partial charge in [0, 0.05) is 19.4 Å². The van der Waals surface area contributed by atoms with Gasteiger partial charge in [0.1, 0.15) is 12.3 Å². The number of aromatic amines is 2. The first-order chi connectivity index (χ1) is 9.63. The summed E-state index contributed by atoms with van der Waals surface area (Å²) in [6.07, 6.45) is 1.31. The third-order valence-electron chi connectivity index (χ3n) is 2.38. The van der Waals surface area contributed by atoms with E-state index in [9.17, 15) is 9.59 Å². The van der Waals surface area contributed by atoms with Gasteiger partial charge in [0.05, 0.1) is 7.11 Å². The van der Waals surface area contributed by atoms with Crippen molar-refractivity contribution in [3.05, 3.63) is 34.0 Å². The molecule has 0 spiro atoms. The first-order valence-corrected chi connectivity index (χ1v) is 5.62. The van der Waals surface area contributed by atoms with Gasteiger partial charge >= 0.3 is 0 Å². The Morgan fingerprint density at radius 3 is 2.90 bits per heavy atom. The number of H-pyrrole nitrogens is 2. The Balaban J connectivity index is 2.11. The Bertz CT molecular complexity index is 663. The van der Waals surface area contributed by atoms with Gasteiger partial charge in [-0.15, -0.1) is 5.10 Å². The summed E-state index contributed by atoms with van der Waals surface area (Å²) in [6, 6.07) is 1.14. The van der Waals surface area contributed by atoms with Crippen LogP contribution in [-0.4, -0.2) is 40.3 Å². The second kappa shape index (κ2) is 5.97. The summed E-state index contributed by atoms with van der Waals surface area (Å²) in [5.41, 5.74) is -0.319. The van der Waals surface area contributed by atoms with Crippen LogP contribution in [-0.2, 0) is 11.3 Å². The number of rotatable bonds is 5. The van der Waals surface area contributed by atoms with E-state index in [1.807, 2.05) is 0 Å². The van der Waals surface area contributed by atoms with E-state index < -0.39 is 11.3 Å². The standard InChI is InChI=1S/C11H13N5O4/c1-19-5-9-13-11(16-15-9)14-10(18)6-3-7(17)8(20-2)4-12-6/h3-4H,5H2,1-2H3,(H,12,17)(H2,13,14,15,16,18). The normalized spacial score (nSPS) is 10.3. The maximum atomic E-state index is 11.9. The molecule has 0 bridgehead atoms. The zero-order valence-corrected chi connectivity index (χ0v) is 10.9. The lowest BCUT2D eigenvalue weighted by Crippen LogP contribution is -2.18. The first kappa shape index (κ1) is 13.7. The van der Waals surface area contributed by atoms with Crippen molar-refractivity contribution in [1.82, 2.24) is 20.2 Å². The minimum absolute atomic E-state index is 0.0777. The van der Waals surface area contributed by atoms with Crippen molar-refractivity contribution in [2.24, 2.45) is 0 Å². The molecule has 9 heteroatoms. The van der Waals surface area contributed by atoms with Crippen LogP contribution in [0, 0.1) is 0 Å². The second-order valence-electron chi connectivity index (χ2n) is 3.77. The smallest absolute Gasteiger partial charge is 0.274 e. The second-order valence-corrected chi connectivity index (χ2v) is 3.77. The SMILES string of the molecule is COCc1nc(NC(=O)c2cc(=O)c(OC)c[nH]2)n[nH]1. The molecule has 0 aliphatic carbocycles. The predicted molar refractivity (Wildman–Crippen MR) is 68.7 cm³/mol. The van der Waals surface area contributed by atoms with Gasteiger partial charge in [0.2, 0.25) is 11.4 Å². The summed E-state index contributed by atoms with van der Waals surface area (Å²) < 4.78 is 9.67. The summed E-state index contributed by atoms with van der Waals surface area (Å²) >= 11 is 0. The lowest BCUT2D eigenvalue weighted by Gasteiger charge is -2.02. The van der Waals surface area contributed by atoms with Gasteiger partial charge in [-0.1, -0.05) is 0 Å². The monoisotopic (exact) mass is 279 g/mol. The number of carbonyl (C=O) groups excluding carboxylic acids is 1. The molecule has 9 nitrogen and oxygen atoms in total. The molecule has 0 aliphatic rings. The van der Waals surface area contributed by atoms with Crippen molar-refractivity contribution < 1.29 is 14.3 Å². The van der Waals surface area contributed by atoms with Crippen molar-refractivity contribution in [1.29, 1.82) is 0 Å². The number of methoxy groups -OCH3 is 2. The largest absolute Gasteiger partial charge is 0.491 e. The highest BCUT2D eigenvalue weighted by atomic mass is 16.5. The van der Waals surface area contributed by atoms with E-state index in [4.69, 9.17) is 9.47 Å². The van der Waals surface area contributed by atoms with E-state index in [2.05, 4.69) is 25.5 Å². The number of ether oxygens (including phenoxy) is 2. The molecule has 2 aromatic heterocycles. The Labute approximate surface area is 113 Å². The first-order valence-electron chi connectivity index (χ1n) is 5.62. The van der Waals surface area contributed by atoms with Crippen LogP contribution in [0.2, 0.25) is 0 Å². The summed E-state index contributed by atoms with van der Waals surface area (Å²) in [7, 11) is 2.89. The van der Waals surface area contributed by atoms with E-state index in [1.165, 1.54) is 20.4 Å². The molecule has 0 atom stereocenters. The molecule has 0 saturated heterocycles. The topological polar surface area (TPSA) is 122 Å². The fourth-order valence-electron chi connectivity index (χ4n) is 1.47. The van der Waals surface area contributed by atoms with Crippen LogP contribution in [0.15, 0.2) is 17.1 Å². The molecular weight excluding hydrogens is 266 g/mol. The lowest BCUT2D eigenvalue weighted by atomic mass is 10.3. The molecule has 0 saturated carbocycles. The van der Waals surface area contributed by atoms with Crippen molar-refractivity contribution in [3.8, 4) is 5.75 Å². The zero-order valence-electron chi connectivity index (χ0n) is 10.9. The number of anilines is 1. The van der Waals surface area contributed by atoms with E-state index >= 15 is 0 Å². The number of hydrogen-bond acceptors (Lipinski definition) is 6. The highest BCUT2D eigenvalue weighted by Gasteiger charge is 2.12. The maximum absolute atomic E-state index is 11.9. The molecule has 0 aromatic carbocycles. The Kier molecular flexibility index (Phi) is 4.11. The Hall–Kier alpha value is -2.68. The maximum Gasteiger partial charge on any atom is 0.274 e. The van der Waals surface area contributed by atoms with Crippen molar-refractivity contribution in [2.75, 3.05) is 19.5 Å². The minimum atomic E-state index is -0.535. The summed E-state index contributed by atoms with van der Waals surface area (Å²) in [6.45, 7) is 0.252. The zero-order chi connectivity index (χ0) is 14.5. The molecule has 2 rings (SSSR count). The van der Waals surface area contributed by atoms with E-state index in [-0.39, 0.29) is 24.0 Å². The van der Waals surface area contributed by atoms with Crippen LogP contribution in [0.25, 0.3) is 0 Å². The highest BCUT2D eigenvalue weighted by molar-refractivity contribution is 6.01. The molecule has 2 heterocycles. The van der Waals surface area contributed by atoms with Crippen LogP contribution >= 0.6 is 0 Å². The van der Waals surface area contributed by atoms with Crippen molar-refractivity contribution >= 4 is 11.9 Å². The summed E-state index contributed by atoms with van der Waals surface area (Å²) in [5.74, 6) is 0.166. The summed E-state index contributed by atoms with van der Waals surface area (Å²) in [5, 5.41) is 8.83. The van der Waals surface area contributed by atoms with Crippen molar-refractivity contribution in [2.45, 2.75) is 6.61 Å². The number of amides is 1. The van der Waals surface area contributed by atoms with Crippen LogP contribution in [0.1, 0.15) is 16.3 Å². The molecule has 3 N–H and O–H groups in total. The van der Waals surface area contributed by atoms with Crippen LogP contribution in [0.5, 0.6) is 5.75 Å². The molecule has 0 unspecified atom stereocenters. The molecular formula is C11H13N5O4. The predicted octanol–water partition coefficient (Wildman–Crippen LogP) is -0.0997. The van der Waals surface area contributed by atoms with Gasteiger partial charge in [-0.3, -0.25) is 20.0 Å². The molecule has 1 amide bonds. The van der Waals surface area contributed by atoms with Gasteiger partial charge < -0.3 is 14.5 Å². The third kappa shape index (κ3) is 3.01. The molecule has 20 heavy (non-hydrogen) atoms. The Morgan fingerprint density at radius 2 is 2.25 bits per heavy atom. The molecule has 0 aliphatic heterocycles. The number of nitrogens with one attached hydrogen (secondary N) is 3. The minimum Gasteiger partial charge on any atom is -0.491 e. The van der Waals surface area contributed by atoms with Gasteiger partial charge in [-0.25, -0.2) is 0 Å². The average Bonchev–Trinajstić information content (AvgIpc) is 2.86. The lowest BCUT2D eigenvalue weighted by molar-refractivity contribution is 0.102. The number of hydrogen-bond donors (Lipinski definition) is 3. The van der Waals surface area contributed by atoms with Gasteiger partial charge in [-0.2, -0.15) is 4.98 Å². The fourth-order valence-corrected chi connectivity index (χ4v) is 1.47. The van der Waals surface area contributed by atoms with E-state index in [0.717, 1.165) is 6.07 Å².